The molecule has 0 atom stereocenters. The van der Waals surface area contributed by atoms with Crippen LogP contribution in [-0.4, -0.2) is 22.0 Å². The predicted molar refractivity (Wildman–Crippen MR) is 74.4 cm³/mol. The number of hydrogen-bond acceptors (Lipinski definition) is 4. The molecule has 1 heterocycles. The fraction of sp³-hybridized carbons (Fsp3) is 0.0714. The quantitative estimate of drug-likeness (QED) is 0.731. The summed E-state index contributed by atoms with van der Waals surface area (Å²) < 4.78 is 0. The Balaban J connectivity index is 2.09. The van der Waals surface area contributed by atoms with Gasteiger partial charge in [0.2, 0.25) is 0 Å². The van der Waals surface area contributed by atoms with Gasteiger partial charge in [0.1, 0.15) is 0 Å². The highest BCUT2D eigenvalue weighted by atomic mass is 16.4. The number of aromatic nitrogens is 1. The summed E-state index contributed by atoms with van der Waals surface area (Å²) in [6.07, 6.45) is 1.26. The third-order valence-corrected chi connectivity index (χ3v) is 2.62. The summed E-state index contributed by atoms with van der Waals surface area (Å²) >= 11 is 0. The van der Waals surface area contributed by atoms with Crippen molar-refractivity contribution < 1.29 is 14.7 Å². The molecule has 0 saturated heterocycles. The molecule has 6 heteroatoms. The predicted octanol–water partition coefficient (Wildman–Crippen LogP) is 1.54. The summed E-state index contributed by atoms with van der Waals surface area (Å²) in [6.45, 7) is 0. The first-order valence-electron chi connectivity index (χ1n) is 5.89. The minimum Gasteiger partial charge on any atom is -0.481 e. The number of aliphatic carboxylic acids is 1. The number of carbonyl (C=O) groups is 2. The standard InChI is InChI=1S/C14H13N3O3/c15-12-4-2-1-3-11(12)14(20)17-10-6-5-9(16-8-10)7-13(18)19/h1-6,8H,7,15H2,(H,17,20)(H,18,19). The molecule has 0 unspecified atom stereocenters. The molecule has 102 valence electrons. The number of nitrogens with zero attached hydrogens (tertiary/aromatic N) is 1. The van der Waals surface area contributed by atoms with E-state index in [-0.39, 0.29) is 12.3 Å². The average molecular weight is 271 g/mol. The van der Waals surface area contributed by atoms with Crippen LogP contribution in [-0.2, 0) is 11.2 Å². The maximum atomic E-state index is 12.0. The number of carboxylic acid groups (broad SMARTS) is 1. The SMILES string of the molecule is Nc1ccccc1C(=O)Nc1ccc(CC(=O)O)nc1. The van der Waals surface area contributed by atoms with Crippen molar-refractivity contribution in [1.29, 1.82) is 0 Å². The van der Waals surface area contributed by atoms with Crippen LogP contribution < -0.4 is 11.1 Å². The van der Waals surface area contributed by atoms with Gasteiger partial charge in [-0.15, -0.1) is 0 Å². The number of amides is 1. The fourth-order valence-corrected chi connectivity index (χ4v) is 1.66. The van der Waals surface area contributed by atoms with Gasteiger partial charge < -0.3 is 16.2 Å². The Morgan fingerprint density at radius 2 is 1.95 bits per heavy atom. The van der Waals surface area contributed by atoms with Crippen molar-refractivity contribution in [2.24, 2.45) is 0 Å². The molecule has 1 aromatic carbocycles. The maximum Gasteiger partial charge on any atom is 0.309 e. The first kappa shape index (κ1) is 13.5. The monoisotopic (exact) mass is 271 g/mol. The summed E-state index contributed by atoms with van der Waals surface area (Å²) in [5.41, 5.74) is 7.38. The second kappa shape index (κ2) is 5.83. The minimum atomic E-state index is -0.952. The zero-order chi connectivity index (χ0) is 14.5. The van der Waals surface area contributed by atoms with Crippen molar-refractivity contribution in [3.05, 3.63) is 53.9 Å². The molecule has 1 aromatic heterocycles. The molecule has 4 N–H and O–H groups in total. The molecule has 0 bridgehead atoms. The molecule has 2 aromatic rings. The highest BCUT2D eigenvalue weighted by Crippen LogP contribution is 2.14. The van der Waals surface area contributed by atoms with Crippen LogP contribution in [0.15, 0.2) is 42.6 Å². The number of nitrogens with one attached hydrogen (secondary N) is 1. The van der Waals surface area contributed by atoms with Gasteiger partial charge in [-0.2, -0.15) is 0 Å². The van der Waals surface area contributed by atoms with Crippen molar-refractivity contribution in [1.82, 2.24) is 4.98 Å². The van der Waals surface area contributed by atoms with Gasteiger partial charge in [0, 0.05) is 5.69 Å². The molecular formula is C14H13N3O3. The van der Waals surface area contributed by atoms with Gasteiger partial charge in [-0.1, -0.05) is 12.1 Å². The van der Waals surface area contributed by atoms with Gasteiger partial charge in [-0.05, 0) is 24.3 Å². The van der Waals surface area contributed by atoms with Crippen LogP contribution >= 0.6 is 0 Å². The number of pyridine rings is 1. The number of anilines is 2. The molecule has 6 nitrogen and oxygen atoms in total. The minimum absolute atomic E-state index is 0.153. The highest BCUT2D eigenvalue weighted by Gasteiger charge is 2.09. The van der Waals surface area contributed by atoms with Crippen LogP contribution in [0.1, 0.15) is 16.1 Å². The van der Waals surface area contributed by atoms with E-state index in [0.29, 0.717) is 22.6 Å². The van der Waals surface area contributed by atoms with Crippen LogP contribution in [0.5, 0.6) is 0 Å². The summed E-state index contributed by atoms with van der Waals surface area (Å²) in [6, 6.07) is 9.88. The van der Waals surface area contributed by atoms with E-state index in [0.717, 1.165) is 0 Å². The summed E-state index contributed by atoms with van der Waals surface area (Å²) in [4.78, 5) is 26.5. The van der Waals surface area contributed by atoms with Gasteiger partial charge in [-0.3, -0.25) is 14.6 Å². The molecule has 0 saturated carbocycles. The normalized spacial score (nSPS) is 10.0. The average Bonchev–Trinajstić information content (AvgIpc) is 2.41. The Morgan fingerprint density at radius 1 is 1.20 bits per heavy atom. The Hall–Kier alpha value is -2.89. The third-order valence-electron chi connectivity index (χ3n) is 2.62. The molecule has 0 fully saturated rings. The Morgan fingerprint density at radius 3 is 2.55 bits per heavy atom. The summed E-state index contributed by atoms with van der Waals surface area (Å²) in [5, 5.41) is 11.3. The Kier molecular flexibility index (Phi) is 3.95. The van der Waals surface area contributed by atoms with Crippen LogP contribution in [0.25, 0.3) is 0 Å². The summed E-state index contributed by atoms with van der Waals surface area (Å²) in [7, 11) is 0. The van der Waals surface area contributed by atoms with Crippen LogP contribution in [0, 0.1) is 0 Å². The zero-order valence-corrected chi connectivity index (χ0v) is 10.5. The van der Waals surface area contributed by atoms with E-state index in [1.165, 1.54) is 6.20 Å². The van der Waals surface area contributed by atoms with E-state index in [1.54, 1.807) is 36.4 Å². The molecule has 1 amide bonds. The number of carbonyl (C=O) groups excluding carboxylic acids is 1. The first-order chi connectivity index (χ1) is 9.56. The van der Waals surface area contributed by atoms with Crippen LogP contribution in [0.2, 0.25) is 0 Å². The van der Waals surface area contributed by atoms with Gasteiger partial charge in [-0.25, -0.2) is 0 Å². The second-order valence-corrected chi connectivity index (χ2v) is 4.15. The zero-order valence-electron chi connectivity index (χ0n) is 10.5. The van der Waals surface area contributed by atoms with Crippen LogP contribution in [0.4, 0.5) is 11.4 Å². The van der Waals surface area contributed by atoms with E-state index in [9.17, 15) is 9.59 Å². The number of para-hydroxylation sites is 1. The number of rotatable bonds is 4. The molecule has 0 aliphatic rings. The highest BCUT2D eigenvalue weighted by molar-refractivity contribution is 6.07. The first-order valence-corrected chi connectivity index (χ1v) is 5.89. The Labute approximate surface area is 115 Å². The number of nitrogens with two attached hydrogens (primary N) is 1. The molecule has 0 radical (unpaired) electrons. The van der Waals surface area contributed by atoms with Gasteiger partial charge in [0.15, 0.2) is 0 Å². The van der Waals surface area contributed by atoms with Crippen molar-refractivity contribution >= 4 is 23.3 Å². The van der Waals surface area contributed by atoms with Gasteiger partial charge >= 0.3 is 5.97 Å². The van der Waals surface area contributed by atoms with E-state index < -0.39 is 5.97 Å². The number of benzene rings is 1. The summed E-state index contributed by atoms with van der Waals surface area (Å²) in [5.74, 6) is -1.29. The van der Waals surface area contributed by atoms with E-state index in [4.69, 9.17) is 10.8 Å². The molecular weight excluding hydrogens is 258 g/mol. The topological polar surface area (TPSA) is 105 Å². The van der Waals surface area contributed by atoms with Crippen molar-refractivity contribution in [3.8, 4) is 0 Å². The lowest BCUT2D eigenvalue weighted by atomic mass is 10.1. The molecule has 20 heavy (non-hydrogen) atoms. The van der Waals surface area contributed by atoms with Crippen LogP contribution in [0.3, 0.4) is 0 Å². The van der Waals surface area contributed by atoms with E-state index in [1.807, 2.05) is 0 Å². The van der Waals surface area contributed by atoms with Gasteiger partial charge in [0.25, 0.3) is 5.91 Å². The number of carboxylic acids is 1. The Bertz CT molecular complexity index is 638. The maximum absolute atomic E-state index is 12.0. The fourth-order valence-electron chi connectivity index (χ4n) is 1.66. The lowest BCUT2D eigenvalue weighted by Gasteiger charge is -2.07. The molecule has 0 aliphatic heterocycles. The van der Waals surface area contributed by atoms with Crippen molar-refractivity contribution in [2.45, 2.75) is 6.42 Å². The molecule has 0 spiro atoms. The molecule has 2 rings (SSSR count). The lowest BCUT2D eigenvalue weighted by molar-refractivity contribution is -0.136. The lowest BCUT2D eigenvalue weighted by Crippen LogP contribution is -2.14. The third kappa shape index (κ3) is 3.32. The van der Waals surface area contributed by atoms with E-state index >= 15 is 0 Å². The molecule has 0 aliphatic carbocycles. The van der Waals surface area contributed by atoms with Gasteiger partial charge in [0.05, 0.1) is 29.6 Å². The van der Waals surface area contributed by atoms with E-state index in [2.05, 4.69) is 10.3 Å². The number of nitrogen functional groups attached to an aromatic ring is 1. The second-order valence-electron chi connectivity index (χ2n) is 4.15. The van der Waals surface area contributed by atoms with Crippen molar-refractivity contribution in [3.63, 3.8) is 0 Å². The number of hydrogen-bond donors (Lipinski definition) is 3. The smallest absolute Gasteiger partial charge is 0.309 e. The largest absolute Gasteiger partial charge is 0.481 e. The van der Waals surface area contributed by atoms with Crippen molar-refractivity contribution in [2.75, 3.05) is 11.1 Å².